The summed E-state index contributed by atoms with van der Waals surface area (Å²) >= 11 is 0. The van der Waals surface area contributed by atoms with Gasteiger partial charge >= 0.3 is 0 Å². The summed E-state index contributed by atoms with van der Waals surface area (Å²) in [6, 6.07) is 12.7. The van der Waals surface area contributed by atoms with Gasteiger partial charge < -0.3 is 0 Å². The van der Waals surface area contributed by atoms with Gasteiger partial charge in [0, 0.05) is 17.4 Å². The maximum atomic E-state index is 14.2. The Hall–Kier alpha value is -2.29. The zero-order chi connectivity index (χ0) is 18.3. The van der Waals surface area contributed by atoms with Gasteiger partial charge in [-0.25, -0.2) is 13.2 Å². The SMILES string of the molecule is CCCC1CCc2c(ccc3c(F)cccc23)C1c1cc(F)cc(F)c1. The van der Waals surface area contributed by atoms with Crippen LogP contribution in [0.1, 0.15) is 48.8 Å². The van der Waals surface area contributed by atoms with Crippen LogP contribution in [0.3, 0.4) is 0 Å². The van der Waals surface area contributed by atoms with Gasteiger partial charge in [0.05, 0.1) is 0 Å². The second-order valence-electron chi connectivity index (χ2n) is 7.24. The predicted molar refractivity (Wildman–Crippen MR) is 98.8 cm³/mol. The summed E-state index contributed by atoms with van der Waals surface area (Å²) in [7, 11) is 0. The normalized spacial score (nSPS) is 19.5. The zero-order valence-electron chi connectivity index (χ0n) is 14.7. The first kappa shape index (κ1) is 17.1. The highest BCUT2D eigenvalue weighted by Crippen LogP contribution is 2.45. The van der Waals surface area contributed by atoms with Gasteiger partial charge in [0.1, 0.15) is 17.5 Å². The molecular formula is C23H21F3. The molecule has 1 aliphatic carbocycles. The summed E-state index contributed by atoms with van der Waals surface area (Å²) in [5.74, 6) is -1.05. The minimum Gasteiger partial charge on any atom is -0.207 e. The van der Waals surface area contributed by atoms with Crippen LogP contribution >= 0.6 is 0 Å². The average Bonchev–Trinajstić information content (AvgIpc) is 2.61. The highest BCUT2D eigenvalue weighted by Gasteiger charge is 2.32. The van der Waals surface area contributed by atoms with E-state index in [0.29, 0.717) is 16.9 Å². The topological polar surface area (TPSA) is 0 Å². The summed E-state index contributed by atoms with van der Waals surface area (Å²) in [4.78, 5) is 0. The van der Waals surface area contributed by atoms with Gasteiger partial charge in [-0.2, -0.15) is 0 Å². The van der Waals surface area contributed by atoms with Gasteiger partial charge in [0.2, 0.25) is 0 Å². The molecule has 0 saturated heterocycles. The first-order valence-corrected chi connectivity index (χ1v) is 9.24. The van der Waals surface area contributed by atoms with Crippen LogP contribution in [0.2, 0.25) is 0 Å². The van der Waals surface area contributed by atoms with Crippen LogP contribution < -0.4 is 0 Å². The van der Waals surface area contributed by atoms with Crippen molar-refractivity contribution in [2.75, 3.05) is 0 Å². The Morgan fingerprint density at radius 2 is 1.69 bits per heavy atom. The minimum atomic E-state index is -0.547. The lowest BCUT2D eigenvalue weighted by Crippen LogP contribution is -2.22. The lowest BCUT2D eigenvalue weighted by atomic mass is 9.69. The quantitative estimate of drug-likeness (QED) is 0.488. The van der Waals surface area contributed by atoms with Crippen LogP contribution in [0, 0.1) is 23.4 Å². The highest BCUT2D eigenvalue weighted by molar-refractivity contribution is 5.88. The van der Waals surface area contributed by atoms with E-state index < -0.39 is 11.6 Å². The van der Waals surface area contributed by atoms with E-state index in [-0.39, 0.29) is 11.7 Å². The fourth-order valence-electron chi connectivity index (χ4n) is 4.61. The summed E-state index contributed by atoms with van der Waals surface area (Å²) in [5, 5.41) is 1.53. The number of rotatable bonds is 3. The van der Waals surface area contributed by atoms with Gasteiger partial charge in [0.25, 0.3) is 0 Å². The van der Waals surface area contributed by atoms with Crippen molar-refractivity contribution in [2.45, 2.75) is 38.5 Å². The molecule has 3 aromatic carbocycles. The molecule has 3 aromatic rings. The zero-order valence-corrected chi connectivity index (χ0v) is 14.7. The summed E-state index contributed by atoms with van der Waals surface area (Å²) in [6.07, 6.45) is 3.84. The molecule has 134 valence electrons. The monoisotopic (exact) mass is 354 g/mol. The number of hydrogen-bond acceptors (Lipinski definition) is 0. The predicted octanol–water partition coefficient (Wildman–Crippen LogP) is 6.75. The van der Waals surface area contributed by atoms with Crippen LogP contribution in [0.15, 0.2) is 48.5 Å². The molecule has 2 unspecified atom stereocenters. The van der Waals surface area contributed by atoms with Crippen molar-refractivity contribution in [3.63, 3.8) is 0 Å². The van der Waals surface area contributed by atoms with Gasteiger partial charge in [-0.15, -0.1) is 0 Å². The van der Waals surface area contributed by atoms with Gasteiger partial charge in [-0.05, 0) is 65.5 Å². The molecular weight excluding hydrogens is 333 g/mol. The van der Waals surface area contributed by atoms with Crippen molar-refractivity contribution >= 4 is 10.8 Å². The molecule has 3 heteroatoms. The molecule has 0 bridgehead atoms. The van der Waals surface area contributed by atoms with E-state index in [2.05, 4.69) is 6.92 Å². The van der Waals surface area contributed by atoms with E-state index in [9.17, 15) is 13.2 Å². The molecule has 0 radical (unpaired) electrons. The molecule has 0 saturated carbocycles. The number of halogens is 3. The van der Waals surface area contributed by atoms with Crippen molar-refractivity contribution in [1.29, 1.82) is 0 Å². The molecule has 0 nitrogen and oxygen atoms in total. The first-order chi connectivity index (χ1) is 12.6. The molecule has 26 heavy (non-hydrogen) atoms. The van der Waals surface area contributed by atoms with E-state index in [0.717, 1.165) is 48.3 Å². The lowest BCUT2D eigenvalue weighted by Gasteiger charge is -2.35. The summed E-state index contributed by atoms with van der Waals surface area (Å²) in [6.45, 7) is 2.13. The number of aryl methyl sites for hydroxylation is 1. The maximum Gasteiger partial charge on any atom is 0.131 e. The standard InChI is InChI=1S/C23H21F3/c1-2-4-14-7-8-19-18-5-3-6-22(26)20(18)9-10-21(19)23(14)15-11-16(24)13-17(25)12-15/h3,5-6,9-14,23H,2,4,7-8H2,1H3. The van der Waals surface area contributed by atoms with E-state index >= 15 is 0 Å². The Bertz CT molecular complexity index is 941. The third-order valence-electron chi connectivity index (χ3n) is 5.63. The minimum absolute atomic E-state index is 0.0587. The largest absolute Gasteiger partial charge is 0.207 e. The third kappa shape index (κ3) is 2.90. The number of fused-ring (bicyclic) bond motifs is 3. The fraction of sp³-hybridized carbons (Fsp3) is 0.304. The van der Waals surface area contributed by atoms with Crippen molar-refractivity contribution < 1.29 is 13.2 Å². The maximum absolute atomic E-state index is 14.2. The molecule has 1 aliphatic rings. The molecule has 0 heterocycles. The smallest absolute Gasteiger partial charge is 0.131 e. The van der Waals surface area contributed by atoms with E-state index in [1.54, 1.807) is 12.1 Å². The van der Waals surface area contributed by atoms with Gasteiger partial charge in [-0.1, -0.05) is 37.6 Å². The molecule has 0 aliphatic heterocycles. The third-order valence-corrected chi connectivity index (χ3v) is 5.63. The van der Waals surface area contributed by atoms with Gasteiger partial charge in [-0.3, -0.25) is 0 Å². The second-order valence-corrected chi connectivity index (χ2v) is 7.24. The average molecular weight is 354 g/mol. The highest BCUT2D eigenvalue weighted by atomic mass is 19.1. The fourth-order valence-corrected chi connectivity index (χ4v) is 4.61. The Balaban J connectivity index is 1.93. The van der Waals surface area contributed by atoms with Crippen molar-refractivity contribution in [2.24, 2.45) is 5.92 Å². The Morgan fingerprint density at radius 1 is 0.923 bits per heavy atom. The number of hydrogen-bond donors (Lipinski definition) is 0. The van der Waals surface area contributed by atoms with Crippen LogP contribution in [-0.2, 0) is 6.42 Å². The molecule has 0 fully saturated rings. The van der Waals surface area contributed by atoms with E-state index in [1.807, 2.05) is 12.1 Å². The van der Waals surface area contributed by atoms with E-state index in [4.69, 9.17) is 0 Å². The van der Waals surface area contributed by atoms with Crippen molar-refractivity contribution in [3.05, 3.63) is 82.7 Å². The van der Waals surface area contributed by atoms with Crippen LogP contribution in [0.25, 0.3) is 10.8 Å². The van der Waals surface area contributed by atoms with Gasteiger partial charge in [0.15, 0.2) is 0 Å². The molecule has 4 rings (SSSR count). The van der Waals surface area contributed by atoms with E-state index in [1.165, 1.54) is 18.2 Å². The Morgan fingerprint density at radius 3 is 2.42 bits per heavy atom. The van der Waals surface area contributed by atoms with Crippen molar-refractivity contribution in [3.8, 4) is 0 Å². The Labute approximate surface area is 151 Å². The van der Waals surface area contributed by atoms with Crippen molar-refractivity contribution in [1.82, 2.24) is 0 Å². The van der Waals surface area contributed by atoms with Crippen LogP contribution in [0.5, 0.6) is 0 Å². The lowest BCUT2D eigenvalue weighted by molar-refractivity contribution is 0.378. The first-order valence-electron chi connectivity index (χ1n) is 9.24. The summed E-state index contributed by atoms with van der Waals surface area (Å²) in [5.41, 5.74) is 2.87. The molecule has 2 atom stereocenters. The Kier molecular flexibility index (Phi) is 4.47. The molecule has 0 aromatic heterocycles. The molecule has 0 N–H and O–H groups in total. The molecule has 0 spiro atoms. The van der Waals surface area contributed by atoms with Crippen LogP contribution in [-0.4, -0.2) is 0 Å². The second kappa shape index (κ2) is 6.79. The summed E-state index contributed by atoms with van der Waals surface area (Å²) < 4.78 is 42.0. The number of benzene rings is 3. The molecule has 0 amide bonds. The van der Waals surface area contributed by atoms with Crippen LogP contribution in [0.4, 0.5) is 13.2 Å².